The summed E-state index contributed by atoms with van der Waals surface area (Å²) in [5, 5.41) is 4.42. The third-order valence-corrected chi connectivity index (χ3v) is 6.57. The Bertz CT molecular complexity index is 1350. The smallest absolute Gasteiger partial charge is 0.135 e. The van der Waals surface area contributed by atoms with E-state index in [1.165, 1.54) is 43.4 Å². The van der Waals surface area contributed by atoms with Gasteiger partial charge in [-0.05, 0) is 71.1 Å². The highest BCUT2D eigenvalue weighted by Crippen LogP contribution is 2.36. The van der Waals surface area contributed by atoms with Gasteiger partial charge in [-0.15, -0.1) is 0 Å². The van der Waals surface area contributed by atoms with Crippen LogP contribution in [0.3, 0.4) is 0 Å². The molecule has 35 heavy (non-hydrogen) atoms. The average molecular weight is 478 g/mol. The van der Waals surface area contributed by atoms with E-state index in [-0.39, 0.29) is 5.56 Å². The normalized spacial score (nSPS) is 19.9. The number of hydrogen-bond donors (Lipinski definition) is 0. The van der Waals surface area contributed by atoms with Crippen molar-refractivity contribution in [3.8, 4) is 11.3 Å². The summed E-state index contributed by atoms with van der Waals surface area (Å²) >= 11 is 0. The molecule has 1 saturated carbocycles. The Labute approximate surface area is 203 Å². The van der Waals surface area contributed by atoms with Gasteiger partial charge in [0.15, 0.2) is 0 Å². The van der Waals surface area contributed by atoms with E-state index in [9.17, 15) is 8.78 Å². The SMILES string of the molecule is C[C@@H]1CCC[C@@H](c2cnn(C3CC3)c2)O1.Cc1nc2ccnc(-c3ccc(F)cc3F)c2nc1C. The van der Waals surface area contributed by atoms with Crippen LogP contribution in [-0.4, -0.2) is 30.8 Å². The number of pyridine rings is 1. The Kier molecular flexibility index (Phi) is 6.56. The number of aryl methyl sites for hydroxylation is 2. The molecule has 0 amide bonds. The van der Waals surface area contributed by atoms with Crippen LogP contribution >= 0.6 is 0 Å². The van der Waals surface area contributed by atoms with E-state index in [4.69, 9.17) is 4.74 Å². The molecule has 1 aliphatic heterocycles. The van der Waals surface area contributed by atoms with Crippen LogP contribution < -0.4 is 0 Å². The Morgan fingerprint density at radius 3 is 2.54 bits per heavy atom. The van der Waals surface area contributed by atoms with Crippen molar-refractivity contribution in [2.75, 3.05) is 0 Å². The minimum atomic E-state index is -0.662. The topological polar surface area (TPSA) is 65.7 Å². The number of fused-ring (bicyclic) bond motifs is 1. The number of benzene rings is 1. The average Bonchev–Trinajstić information content (AvgIpc) is 3.56. The summed E-state index contributed by atoms with van der Waals surface area (Å²) in [5.41, 5.74) is 4.59. The first-order valence-electron chi connectivity index (χ1n) is 12.1. The number of ether oxygens (including phenoxy) is 1. The predicted molar refractivity (Wildman–Crippen MR) is 130 cm³/mol. The van der Waals surface area contributed by atoms with Crippen molar-refractivity contribution in [3.05, 3.63) is 71.4 Å². The minimum Gasteiger partial charge on any atom is -0.370 e. The van der Waals surface area contributed by atoms with Gasteiger partial charge in [-0.1, -0.05) is 0 Å². The van der Waals surface area contributed by atoms with Gasteiger partial charge >= 0.3 is 0 Å². The fraction of sp³-hybridized carbons (Fsp3) is 0.407. The summed E-state index contributed by atoms with van der Waals surface area (Å²) in [4.78, 5) is 13.0. The van der Waals surface area contributed by atoms with Gasteiger partial charge in [-0.25, -0.2) is 18.7 Å². The highest BCUT2D eigenvalue weighted by atomic mass is 19.1. The summed E-state index contributed by atoms with van der Waals surface area (Å²) in [5.74, 6) is -1.28. The van der Waals surface area contributed by atoms with Crippen LogP contribution in [-0.2, 0) is 4.74 Å². The molecule has 3 aromatic heterocycles. The van der Waals surface area contributed by atoms with Crippen LogP contribution in [0.15, 0.2) is 42.9 Å². The van der Waals surface area contributed by atoms with Crippen LogP contribution in [0.2, 0.25) is 0 Å². The molecule has 0 radical (unpaired) electrons. The second-order valence-corrected chi connectivity index (χ2v) is 9.40. The zero-order valence-electron chi connectivity index (χ0n) is 20.2. The van der Waals surface area contributed by atoms with Crippen molar-refractivity contribution in [2.45, 2.75) is 71.1 Å². The van der Waals surface area contributed by atoms with E-state index in [1.807, 2.05) is 20.0 Å². The van der Waals surface area contributed by atoms with Crippen molar-refractivity contribution in [1.29, 1.82) is 0 Å². The molecule has 2 fully saturated rings. The summed E-state index contributed by atoms with van der Waals surface area (Å²) in [6.45, 7) is 5.86. The number of aromatic nitrogens is 5. The lowest BCUT2D eigenvalue weighted by Gasteiger charge is -2.26. The minimum absolute atomic E-state index is 0.217. The van der Waals surface area contributed by atoms with Gasteiger partial charge in [0.25, 0.3) is 0 Å². The number of hydrogen-bond acceptors (Lipinski definition) is 5. The van der Waals surface area contributed by atoms with Crippen molar-refractivity contribution < 1.29 is 13.5 Å². The molecule has 1 aromatic carbocycles. The van der Waals surface area contributed by atoms with Gasteiger partial charge in [-0.3, -0.25) is 9.67 Å². The van der Waals surface area contributed by atoms with Gasteiger partial charge in [0.05, 0.1) is 41.4 Å². The maximum absolute atomic E-state index is 13.9. The second kappa shape index (κ2) is 9.77. The summed E-state index contributed by atoms with van der Waals surface area (Å²) in [6, 6.07) is 5.81. The molecule has 1 aliphatic carbocycles. The fourth-order valence-electron chi connectivity index (χ4n) is 4.34. The first kappa shape index (κ1) is 23.5. The van der Waals surface area contributed by atoms with E-state index < -0.39 is 11.6 Å². The van der Waals surface area contributed by atoms with Gasteiger partial charge in [0.2, 0.25) is 0 Å². The lowest BCUT2D eigenvalue weighted by Crippen LogP contribution is -2.18. The quantitative estimate of drug-likeness (QED) is 0.340. The molecule has 8 heteroatoms. The van der Waals surface area contributed by atoms with Crippen LogP contribution in [0.5, 0.6) is 0 Å². The first-order valence-corrected chi connectivity index (χ1v) is 12.1. The van der Waals surface area contributed by atoms with Gasteiger partial charge in [0.1, 0.15) is 22.8 Å². The van der Waals surface area contributed by atoms with Crippen LogP contribution in [0.25, 0.3) is 22.3 Å². The Morgan fingerprint density at radius 2 is 1.80 bits per heavy atom. The predicted octanol–water partition coefficient (Wildman–Crippen LogP) is 6.43. The van der Waals surface area contributed by atoms with Gasteiger partial charge in [0, 0.05) is 29.6 Å². The van der Waals surface area contributed by atoms with Crippen molar-refractivity contribution >= 4 is 11.0 Å². The largest absolute Gasteiger partial charge is 0.370 e. The Hall–Kier alpha value is -3.26. The molecule has 0 unspecified atom stereocenters. The molecule has 0 N–H and O–H groups in total. The van der Waals surface area contributed by atoms with Crippen molar-refractivity contribution in [1.82, 2.24) is 24.7 Å². The highest BCUT2D eigenvalue weighted by molar-refractivity contribution is 5.89. The van der Waals surface area contributed by atoms with Crippen LogP contribution in [0.4, 0.5) is 8.78 Å². The highest BCUT2D eigenvalue weighted by Gasteiger charge is 2.27. The molecule has 1 saturated heterocycles. The van der Waals surface area contributed by atoms with E-state index in [2.05, 4.69) is 37.9 Å². The maximum Gasteiger partial charge on any atom is 0.135 e. The molecule has 2 atom stereocenters. The monoisotopic (exact) mass is 477 g/mol. The molecule has 0 spiro atoms. The lowest BCUT2D eigenvalue weighted by atomic mass is 10.0. The summed E-state index contributed by atoms with van der Waals surface area (Å²) in [6.07, 6.45) is 12.6. The molecule has 4 heterocycles. The van der Waals surface area contributed by atoms with E-state index >= 15 is 0 Å². The molecular formula is C27H29F2N5O. The number of halogens is 2. The molecule has 182 valence electrons. The second-order valence-electron chi connectivity index (χ2n) is 9.40. The lowest BCUT2D eigenvalue weighted by molar-refractivity contribution is -0.0414. The van der Waals surface area contributed by atoms with Crippen LogP contribution in [0.1, 0.15) is 68.1 Å². The summed E-state index contributed by atoms with van der Waals surface area (Å²) < 4.78 is 35.0. The van der Waals surface area contributed by atoms with Gasteiger partial charge in [-0.2, -0.15) is 5.10 Å². The van der Waals surface area contributed by atoms with E-state index in [0.717, 1.165) is 23.9 Å². The molecule has 6 rings (SSSR count). The molecule has 2 aliphatic rings. The zero-order valence-corrected chi connectivity index (χ0v) is 20.2. The molecule has 4 aromatic rings. The third-order valence-electron chi connectivity index (χ3n) is 6.57. The van der Waals surface area contributed by atoms with Gasteiger partial charge < -0.3 is 4.74 Å². The van der Waals surface area contributed by atoms with E-state index in [1.54, 1.807) is 12.3 Å². The first-order chi connectivity index (χ1) is 16.9. The van der Waals surface area contributed by atoms with E-state index in [0.29, 0.717) is 35.0 Å². The van der Waals surface area contributed by atoms with Crippen molar-refractivity contribution in [3.63, 3.8) is 0 Å². The number of nitrogens with zero attached hydrogens (tertiary/aromatic N) is 5. The standard InChI is InChI=1S/C15H11F2N3.C12H18N2O/c1-8-9(2)20-15-13(19-8)5-6-18-14(15)11-4-3-10(16)7-12(11)17;1-9-3-2-4-12(15-9)10-7-13-14(8-10)11-5-6-11/h3-7H,1-2H3;7-9,11-12H,2-6H2,1H3/t;9-,12+/m.1/s1. The number of rotatable bonds is 3. The van der Waals surface area contributed by atoms with Crippen LogP contribution in [0, 0.1) is 25.5 Å². The molecular weight excluding hydrogens is 448 g/mol. The fourth-order valence-corrected chi connectivity index (χ4v) is 4.34. The van der Waals surface area contributed by atoms with Crippen molar-refractivity contribution in [2.24, 2.45) is 0 Å². The zero-order chi connectivity index (χ0) is 24.5. The third kappa shape index (κ3) is 5.22. The Morgan fingerprint density at radius 1 is 1.00 bits per heavy atom. The molecule has 0 bridgehead atoms. The summed E-state index contributed by atoms with van der Waals surface area (Å²) in [7, 11) is 0. The maximum atomic E-state index is 13.9. The molecule has 6 nitrogen and oxygen atoms in total. The Balaban J connectivity index is 0.000000151.